The fourth-order valence-corrected chi connectivity index (χ4v) is 3.84. The first-order valence-corrected chi connectivity index (χ1v) is 11.3. The molecule has 10 nitrogen and oxygen atoms in total. The van der Waals surface area contributed by atoms with E-state index in [-0.39, 0.29) is 22.9 Å². The highest BCUT2D eigenvalue weighted by Gasteiger charge is 2.33. The number of halogens is 3. The Hall–Kier alpha value is -4.68. The van der Waals surface area contributed by atoms with Gasteiger partial charge in [-0.3, -0.25) is 9.59 Å². The molecule has 0 aliphatic rings. The molecular weight excluding hydrogens is 505 g/mol. The molecule has 0 fully saturated rings. The predicted octanol–water partition coefficient (Wildman–Crippen LogP) is 4.46. The maximum absolute atomic E-state index is 13.2. The molecule has 2 amide bonds. The van der Waals surface area contributed by atoms with Crippen molar-refractivity contribution in [1.29, 1.82) is 0 Å². The van der Waals surface area contributed by atoms with E-state index in [4.69, 9.17) is 4.74 Å². The average Bonchev–Trinajstić information content (AvgIpc) is 3.23. The number of para-hydroxylation sites is 1. The van der Waals surface area contributed by atoms with Crippen molar-refractivity contribution in [2.24, 2.45) is 0 Å². The fraction of sp³-hybridized carbons (Fsp3) is 0.240. The zero-order chi connectivity index (χ0) is 27.6. The van der Waals surface area contributed by atoms with Gasteiger partial charge in [0, 0.05) is 18.1 Å². The number of fused-ring (bicyclic) bond motifs is 1. The molecule has 0 unspecified atom stereocenters. The van der Waals surface area contributed by atoms with Crippen molar-refractivity contribution in [3.63, 3.8) is 0 Å². The Morgan fingerprint density at radius 3 is 2.53 bits per heavy atom. The van der Waals surface area contributed by atoms with Gasteiger partial charge in [0.2, 0.25) is 11.8 Å². The lowest BCUT2D eigenvalue weighted by Gasteiger charge is -2.20. The molecule has 0 bridgehead atoms. The van der Waals surface area contributed by atoms with E-state index in [9.17, 15) is 22.8 Å². The third-order valence-electron chi connectivity index (χ3n) is 5.47. The van der Waals surface area contributed by atoms with Gasteiger partial charge in [0.15, 0.2) is 11.5 Å². The lowest BCUT2D eigenvalue weighted by molar-refractivity contribution is -0.275. The zero-order valence-electron chi connectivity index (χ0n) is 20.8. The second kappa shape index (κ2) is 10.4. The largest absolute Gasteiger partial charge is 0.573 e. The maximum atomic E-state index is 13.2. The first kappa shape index (κ1) is 26.4. The molecule has 4 rings (SSSR count). The zero-order valence-corrected chi connectivity index (χ0v) is 20.8. The fourth-order valence-electron chi connectivity index (χ4n) is 3.84. The monoisotopic (exact) mass is 528 g/mol. The molecule has 38 heavy (non-hydrogen) atoms. The van der Waals surface area contributed by atoms with Crippen LogP contribution in [0.2, 0.25) is 0 Å². The summed E-state index contributed by atoms with van der Waals surface area (Å²) >= 11 is 0. The van der Waals surface area contributed by atoms with Gasteiger partial charge in [0.1, 0.15) is 11.3 Å². The van der Waals surface area contributed by atoms with Crippen LogP contribution >= 0.6 is 0 Å². The van der Waals surface area contributed by atoms with Crippen LogP contribution in [0.5, 0.6) is 11.6 Å². The minimum Gasteiger partial charge on any atom is -0.480 e. The number of aryl methyl sites for hydroxylation is 1. The summed E-state index contributed by atoms with van der Waals surface area (Å²) in [6, 6.07) is 9.63. The van der Waals surface area contributed by atoms with Crippen molar-refractivity contribution >= 4 is 23.3 Å². The van der Waals surface area contributed by atoms with Crippen molar-refractivity contribution < 1.29 is 32.2 Å². The van der Waals surface area contributed by atoms with Gasteiger partial charge in [-0.25, -0.2) is 14.5 Å². The molecule has 0 aliphatic heterocycles. The number of alkyl halides is 3. The van der Waals surface area contributed by atoms with Crippen LogP contribution in [0.3, 0.4) is 0 Å². The maximum Gasteiger partial charge on any atom is 0.573 e. The van der Waals surface area contributed by atoms with E-state index >= 15 is 0 Å². The second-order valence-electron chi connectivity index (χ2n) is 8.29. The van der Waals surface area contributed by atoms with Gasteiger partial charge in [-0.15, -0.1) is 13.2 Å². The molecule has 1 aromatic carbocycles. The highest BCUT2D eigenvalue weighted by molar-refractivity contribution is 5.98. The van der Waals surface area contributed by atoms with E-state index in [0.717, 1.165) is 0 Å². The van der Waals surface area contributed by atoms with E-state index in [1.165, 1.54) is 43.7 Å². The van der Waals surface area contributed by atoms with Gasteiger partial charge >= 0.3 is 6.36 Å². The molecule has 3 heterocycles. The smallest absolute Gasteiger partial charge is 0.480 e. The van der Waals surface area contributed by atoms with Crippen LogP contribution in [0.4, 0.5) is 19.0 Å². The molecule has 2 N–H and O–H groups in total. The number of hydrogen-bond donors (Lipinski definition) is 2. The van der Waals surface area contributed by atoms with E-state index in [1.807, 2.05) is 0 Å². The number of amides is 2. The number of carbonyl (C=O) groups excluding carboxylic acids is 2. The number of anilines is 1. The van der Waals surface area contributed by atoms with Crippen LogP contribution in [-0.4, -0.2) is 44.9 Å². The molecule has 0 saturated heterocycles. The van der Waals surface area contributed by atoms with Crippen LogP contribution in [0, 0.1) is 6.92 Å². The molecule has 198 valence electrons. The number of rotatable bonds is 7. The third-order valence-corrected chi connectivity index (χ3v) is 5.47. The lowest BCUT2D eigenvalue weighted by atomic mass is 10.0. The molecule has 3 aromatic heterocycles. The number of pyridine rings is 1. The lowest BCUT2D eigenvalue weighted by Crippen LogP contribution is -2.28. The standard InChI is InChI=1S/C25H23F3N6O4/c1-13(16-7-5-6-8-20(16)38-25(26,27)28)29-23(36)18-11-17(14(2)30-24(18)37-4)19-9-10-22-32-21(31-15(3)35)12-34(22)33-19/h5-13H,1-4H3,(H,29,36)(H,31,35)/t13-/m1/s1. The van der Waals surface area contributed by atoms with Gasteiger partial charge in [0.25, 0.3) is 5.91 Å². The summed E-state index contributed by atoms with van der Waals surface area (Å²) in [6.45, 7) is 4.62. The highest BCUT2D eigenvalue weighted by Crippen LogP contribution is 2.31. The normalized spacial score (nSPS) is 12.2. The molecular formula is C25H23F3N6O4. The van der Waals surface area contributed by atoms with Gasteiger partial charge < -0.3 is 20.1 Å². The van der Waals surface area contributed by atoms with Crippen molar-refractivity contribution in [1.82, 2.24) is 24.9 Å². The first-order valence-electron chi connectivity index (χ1n) is 11.3. The molecule has 0 radical (unpaired) electrons. The summed E-state index contributed by atoms with van der Waals surface area (Å²) in [4.78, 5) is 33.2. The first-order chi connectivity index (χ1) is 17.9. The van der Waals surface area contributed by atoms with E-state index in [1.54, 1.807) is 37.4 Å². The number of carbonyl (C=O) groups is 2. The summed E-state index contributed by atoms with van der Waals surface area (Å²) in [5, 5.41) is 9.78. The van der Waals surface area contributed by atoms with Gasteiger partial charge in [0.05, 0.1) is 30.7 Å². The Bertz CT molecular complexity index is 1520. The average molecular weight is 528 g/mol. The Kier molecular flexibility index (Phi) is 7.19. The van der Waals surface area contributed by atoms with Crippen LogP contribution in [0.15, 0.2) is 48.7 Å². The number of hydrogen-bond acceptors (Lipinski definition) is 7. The Labute approximate surface area is 214 Å². The second-order valence-corrected chi connectivity index (χ2v) is 8.29. The molecule has 13 heteroatoms. The van der Waals surface area contributed by atoms with Crippen molar-refractivity contribution in [3.05, 3.63) is 65.5 Å². The topological polar surface area (TPSA) is 120 Å². The highest BCUT2D eigenvalue weighted by atomic mass is 19.4. The number of nitrogens with zero attached hydrogens (tertiary/aromatic N) is 4. The summed E-state index contributed by atoms with van der Waals surface area (Å²) in [5.74, 6) is -0.954. The molecule has 0 spiro atoms. The molecule has 4 aromatic rings. The number of benzene rings is 1. The number of methoxy groups -OCH3 is 1. The van der Waals surface area contributed by atoms with E-state index in [2.05, 4.69) is 30.4 Å². The minimum atomic E-state index is -4.88. The summed E-state index contributed by atoms with van der Waals surface area (Å²) in [6.07, 6.45) is -3.34. The quantitative estimate of drug-likeness (QED) is 0.364. The summed E-state index contributed by atoms with van der Waals surface area (Å²) < 4.78 is 49.4. The van der Waals surface area contributed by atoms with Crippen LogP contribution < -0.4 is 20.1 Å². The van der Waals surface area contributed by atoms with Crippen molar-refractivity contribution in [2.45, 2.75) is 33.2 Å². The van der Waals surface area contributed by atoms with E-state index in [0.29, 0.717) is 28.4 Å². The number of ether oxygens (including phenoxy) is 2. The summed E-state index contributed by atoms with van der Waals surface area (Å²) in [5.41, 5.74) is 2.18. The van der Waals surface area contributed by atoms with Crippen molar-refractivity contribution in [3.8, 4) is 22.9 Å². The third kappa shape index (κ3) is 5.82. The number of aromatic nitrogens is 4. The van der Waals surface area contributed by atoms with E-state index < -0.39 is 24.1 Å². The molecule has 1 atom stereocenters. The SMILES string of the molecule is COc1nc(C)c(-c2ccc3nc(NC(C)=O)cn3n2)cc1C(=O)N[C@H](C)c1ccccc1OC(F)(F)F. The molecule has 0 saturated carbocycles. The summed E-state index contributed by atoms with van der Waals surface area (Å²) in [7, 11) is 1.35. The molecule has 0 aliphatic carbocycles. The Morgan fingerprint density at radius 2 is 1.84 bits per heavy atom. The van der Waals surface area contributed by atoms with Crippen molar-refractivity contribution in [2.75, 3.05) is 12.4 Å². The van der Waals surface area contributed by atoms with Gasteiger partial charge in [-0.05, 0) is 38.1 Å². The van der Waals surface area contributed by atoms with Crippen LogP contribution in [0.1, 0.15) is 41.5 Å². The Balaban J connectivity index is 1.66. The number of nitrogens with one attached hydrogen (secondary N) is 2. The van der Waals surface area contributed by atoms with Gasteiger partial charge in [-0.1, -0.05) is 18.2 Å². The Morgan fingerprint density at radius 1 is 1.11 bits per heavy atom. The van der Waals surface area contributed by atoms with Crippen LogP contribution in [-0.2, 0) is 4.79 Å². The number of imidazole rings is 1. The van der Waals surface area contributed by atoms with Crippen LogP contribution in [0.25, 0.3) is 16.9 Å². The predicted molar refractivity (Wildman–Crippen MR) is 131 cm³/mol. The van der Waals surface area contributed by atoms with Gasteiger partial charge in [-0.2, -0.15) is 5.10 Å². The minimum absolute atomic E-state index is 0.0347.